The minimum absolute atomic E-state index is 0.0817. The fourth-order valence-electron chi connectivity index (χ4n) is 2.92. The van der Waals surface area contributed by atoms with Gasteiger partial charge in [0.15, 0.2) is 0 Å². The van der Waals surface area contributed by atoms with Crippen LogP contribution in [0.3, 0.4) is 0 Å². The van der Waals surface area contributed by atoms with Crippen molar-refractivity contribution in [3.63, 3.8) is 0 Å². The molecular weight excluding hydrogens is 347 g/mol. The zero-order chi connectivity index (χ0) is 18.7. The maximum absolute atomic E-state index is 12.6. The van der Waals surface area contributed by atoms with Gasteiger partial charge in [0.05, 0.1) is 17.6 Å². The number of benzene rings is 1. The summed E-state index contributed by atoms with van der Waals surface area (Å²) < 4.78 is 37.9. The number of rotatable bonds is 3. The Hall–Kier alpha value is -2.90. The Morgan fingerprint density at radius 3 is 2.46 bits per heavy atom. The summed E-state index contributed by atoms with van der Waals surface area (Å²) in [5.41, 5.74) is 1.97. The average Bonchev–Trinajstić information content (AvgIpc) is 3.11. The van der Waals surface area contributed by atoms with Crippen molar-refractivity contribution in [1.29, 1.82) is 0 Å². The van der Waals surface area contributed by atoms with E-state index in [2.05, 4.69) is 10.3 Å². The molecule has 1 aromatic heterocycles. The number of aromatic nitrogens is 1. The van der Waals surface area contributed by atoms with E-state index in [0.717, 1.165) is 5.56 Å². The number of hydrogen-bond donors (Lipinski definition) is 1. The molecule has 1 fully saturated rings. The van der Waals surface area contributed by atoms with Crippen LogP contribution in [0.5, 0.6) is 0 Å². The van der Waals surface area contributed by atoms with Gasteiger partial charge in [-0.15, -0.1) is 0 Å². The van der Waals surface area contributed by atoms with E-state index in [9.17, 15) is 22.8 Å². The summed E-state index contributed by atoms with van der Waals surface area (Å²) in [6.45, 7) is -0.0817. The quantitative estimate of drug-likeness (QED) is 0.911. The molecule has 0 radical (unpaired) electrons. The molecule has 3 rings (SSSR count). The molecule has 1 aliphatic heterocycles. The zero-order valence-corrected chi connectivity index (χ0v) is 13.7. The topological polar surface area (TPSA) is 62.3 Å². The van der Waals surface area contributed by atoms with E-state index in [4.69, 9.17) is 0 Å². The number of carbonyl (C=O) groups is 2. The van der Waals surface area contributed by atoms with E-state index in [1.807, 2.05) is 30.3 Å². The molecule has 0 bridgehead atoms. The average molecular weight is 363 g/mol. The van der Waals surface area contributed by atoms with E-state index in [1.165, 1.54) is 6.20 Å². The van der Waals surface area contributed by atoms with Gasteiger partial charge < -0.3 is 10.2 Å². The van der Waals surface area contributed by atoms with Gasteiger partial charge in [0.2, 0.25) is 5.91 Å². The fraction of sp³-hybridized carbons (Fsp3) is 0.278. The van der Waals surface area contributed by atoms with Crippen LogP contribution in [0, 0.1) is 0 Å². The molecule has 1 aromatic carbocycles. The number of amides is 2. The van der Waals surface area contributed by atoms with Crippen LogP contribution in [0.1, 0.15) is 12.8 Å². The van der Waals surface area contributed by atoms with E-state index in [-0.39, 0.29) is 13.0 Å². The molecule has 2 amide bonds. The summed E-state index contributed by atoms with van der Waals surface area (Å²) in [5.74, 6) is -2.62. The first kappa shape index (κ1) is 17.9. The summed E-state index contributed by atoms with van der Waals surface area (Å²) >= 11 is 0. The van der Waals surface area contributed by atoms with Crippen molar-refractivity contribution in [2.45, 2.75) is 25.1 Å². The van der Waals surface area contributed by atoms with Gasteiger partial charge >= 0.3 is 12.1 Å². The minimum Gasteiger partial charge on any atom is -0.323 e. The number of nitrogens with zero attached hydrogens (tertiary/aromatic N) is 2. The Balaban J connectivity index is 1.69. The fourth-order valence-corrected chi connectivity index (χ4v) is 2.92. The smallest absolute Gasteiger partial charge is 0.323 e. The second-order valence-corrected chi connectivity index (χ2v) is 5.94. The Labute approximate surface area is 147 Å². The Kier molecular flexibility index (Phi) is 4.92. The van der Waals surface area contributed by atoms with Crippen LogP contribution in [0.15, 0.2) is 48.7 Å². The lowest BCUT2D eigenvalue weighted by atomic mass is 10.1. The summed E-state index contributed by atoms with van der Waals surface area (Å²) in [7, 11) is 0. The van der Waals surface area contributed by atoms with Crippen molar-refractivity contribution < 1.29 is 22.8 Å². The largest absolute Gasteiger partial charge is 0.471 e. The highest BCUT2D eigenvalue weighted by Crippen LogP contribution is 2.26. The highest BCUT2D eigenvalue weighted by Gasteiger charge is 2.47. The van der Waals surface area contributed by atoms with Crippen LogP contribution >= 0.6 is 0 Å². The standard InChI is InChI=1S/C18H16F3N3O2/c19-18(20,21)17(26)24-10-4-7-15(24)16(25)23-13-8-9-14(22-11-13)12-5-2-1-3-6-12/h1-3,5-6,8-9,11,15H,4,7,10H2,(H,23,25). The monoisotopic (exact) mass is 363 g/mol. The molecular formula is C18H16F3N3O2. The van der Waals surface area contributed by atoms with Crippen LogP contribution in [0.2, 0.25) is 0 Å². The summed E-state index contributed by atoms with van der Waals surface area (Å²) in [4.78, 5) is 28.6. The van der Waals surface area contributed by atoms with Crippen molar-refractivity contribution in [3.8, 4) is 11.3 Å². The number of carbonyl (C=O) groups excluding carboxylic acids is 2. The van der Waals surface area contributed by atoms with Gasteiger partial charge in [0, 0.05) is 12.1 Å². The molecule has 1 atom stereocenters. The van der Waals surface area contributed by atoms with Gasteiger partial charge in [0.25, 0.3) is 0 Å². The highest BCUT2D eigenvalue weighted by molar-refractivity contribution is 5.98. The molecule has 0 aliphatic carbocycles. The lowest BCUT2D eigenvalue weighted by Crippen LogP contribution is -2.48. The van der Waals surface area contributed by atoms with Crippen LogP contribution in [0.4, 0.5) is 18.9 Å². The van der Waals surface area contributed by atoms with Crippen molar-refractivity contribution in [1.82, 2.24) is 9.88 Å². The van der Waals surface area contributed by atoms with Gasteiger partial charge in [-0.05, 0) is 25.0 Å². The Morgan fingerprint density at radius 2 is 1.85 bits per heavy atom. The van der Waals surface area contributed by atoms with E-state index in [0.29, 0.717) is 22.7 Å². The number of anilines is 1. The third kappa shape index (κ3) is 3.84. The third-order valence-electron chi connectivity index (χ3n) is 4.16. The predicted molar refractivity (Wildman–Crippen MR) is 89.1 cm³/mol. The molecule has 136 valence electrons. The number of alkyl halides is 3. The number of pyridine rings is 1. The maximum atomic E-state index is 12.6. The van der Waals surface area contributed by atoms with Crippen molar-refractivity contribution >= 4 is 17.5 Å². The lowest BCUT2D eigenvalue weighted by molar-refractivity contribution is -0.186. The maximum Gasteiger partial charge on any atom is 0.471 e. The van der Waals surface area contributed by atoms with Gasteiger partial charge in [-0.2, -0.15) is 13.2 Å². The van der Waals surface area contributed by atoms with Gasteiger partial charge in [0.1, 0.15) is 6.04 Å². The first-order valence-electron chi connectivity index (χ1n) is 8.06. The number of likely N-dealkylation sites (tertiary alicyclic amines) is 1. The number of hydrogen-bond acceptors (Lipinski definition) is 3. The van der Waals surface area contributed by atoms with Crippen molar-refractivity contribution in [2.75, 3.05) is 11.9 Å². The molecule has 1 unspecified atom stereocenters. The molecule has 1 saturated heterocycles. The molecule has 1 aliphatic rings. The van der Waals surface area contributed by atoms with Crippen LogP contribution in [-0.4, -0.2) is 40.5 Å². The van der Waals surface area contributed by atoms with E-state index < -0.39 is 24.0 Å². The molecule has 5 nitrogen and oxygen atoms in total. The summed E-state index contributed by atoms with van der Waals surface area (Å²) in [6.07, 6.45) is -3.00. The van der Waals surface area contributed by atoms with Crippen LogP contribution < -0.4 is 5.32 Å². The first-order chi connectivity index (χ1) is 12.4. The van der Waals surface area contributed by atoms with Crippen molar-refractivity contribution in [3.05, 3.63) is 48.7 Å². The third-order valence-corrected chi connectivity index (χ3v) is 4.16. The van der Waals surface area contributed by atoms with E-state index >= 15 is 0 Å². The van der Waals surface area contributed by atoms with E-state index in [1.54, 1.807) is 12.1 Å². The zero-order valence-electron chi connectivity index (χ0n) is 13.7. The van der Waals surface area contributed by atoms with Crippen LogP contribution in [-0.2, 0) is 9.59 Å². The predicted octanol–water partition coefficient (Wildman–Crippen LogP) is 3.24. The summed E-state index contributed by atoms with van der Waals surface area (Å²) in [6, 6.07) is 11.6. The minimum atomic E-state index is -4.98. The molecule has 8 heteroatoms. The number of halogens is 3. The molecule has 2 aromatic rings. The number of nitrogens with one attached hydrogen (secondary N) is 1. The lowest BCUT2D eigenvalue weighted by Gasteiger charge is -2.24. The molecule has 2 heterocycles. The second kappa shape index (κ2) is 7.15. The molecule has 0 saturated carbocycles. The Bertz CT molecular complexity index is 792. The molecule has 0 spiro atoms. The highest BCUT2D eigenvalue weighted by atomic mass is 19.4. The normalized spacial score (nSPS) is 17.2. The van der Waals surface area contributed by atoms with Crippen molar-refractivity contribution in [2.24, 2.45) is 0 Å². The Morgan fingerprint density at radius 1 is 1.12 bits per heavy atom. The van der Waals surface area contributed by atoms with Crippen LogP contribution in [0.25, 0.3) is 11.3 Å². The summed E-state index contributed by atoms with van der Waals surface area (Å²) in [5, 5.41) is 2.54. The van der Waals surface area contributed by atoms with Gasteiger partial charge in [-0.3, -0.25) is 14.6 Å². The molecule has 26 heavy (non-hydrogen) atoms. The first-order valence-corrected chi connectivity index (χ1v) is 8.06. The SMILES string of the molecule is O=C(Nc1ccc(-c2ccccc2)nc1)C1CCCN1C(=O)C(F)(F)F. The van der Waals surface area contributed by atoms with Gasteiger partial charge in [-0.25, -0.2) is 0 Å². The van der Waals surface area contributed by atoms with Gasteiger partial charge in [-0.1, -0.05) is 30.3 Å². The second-order valence-electron chi connectivity index (χ2n) is 5.94. The molecule has 1 N–H and O–H groups in total.